The number of fused-ring (bicyclic) bond motifs is 6. The molecule has 0 saturated carbocycles. The predicted molar refractivity (Wildman–Crippen MR) is 205 cm³/mol. The molecule has 2 unspecified atom stereocenters. The van der Waals surface area contributed by atoms with Crippen LogP contribution in [0.25, 0.3) is 78.4 Å². The minimum atomic E-state index is 0.350. The monoisotopic (exact) mass is 659 g/mol. The quantitative estimate of drug-likeness (QED) is 0.184. The highest BCUT2D eigenvalue weighted by Crippen LogP contribution is 2.51. The summed E-state index contributed by atoms with van der Waals surface area (Å²) in [5.41, 5.74) is 10.5. The van der Waals surface area contributed by atoms with Gasteiger partial charge in [-0.2, -0.15) is 0 Å². The fourth-order valence-electron chi connectivity index (χ4n) is 7.28. The first-order valence-corrected chi connectivity index (χ1v) is 17.7. The van der Waals surface area contributed by atoms with Gasteiger partial charge in [-0.05, 0) is 52.1 Å². The highest BCUT2D eigenvalue weighted by atomic mass is 32.2. The summed E-state index contributed by atoms with van der Waals surface area (Å²) in [6.07, 6.45) is 8.90. The summed E-state index contributed by atoms with van der Waals surface area (Å²) in [5.74, 6) is 2.29. The number of hydrogen-bond donors (Lipinski definition) is 0. The van der Waals surface area contributed by atoms with Crippen LogP contribution in [-0.2, 0) is 0 Å². The Labute approximate surface area is 293 Å². The largest absolute Gasteiger partial charge is 0.456 e. The molecule has 0 amide bonds. The van der Waals surface area contributed by atoms with Gasteiger partial charge in [0.25, 0.3) is 0 Å². The molecule has 6 aromatic carbocycles. The molecule has 8 aromatic rings. The molecule has 0 N–H and O–H groups in total. The lowest BCUT2D eigenvalue weighted by Crippen LogP contribution is -2.06. The van der Waals surface area contributed by atoms with Crippen molar-refractivity contribution in [2.75, 3.05) is 0 Å². The number of nitrogens with zero attached hydrogens (tertiary/aromatic N) is 3. The fourth-order valence-corrected chi connectivity index (χ4v) is 8.73. The standard InChI is InChI=1S/C45H29N3OS/c1-3-12-28(13-4-1)30-16-9-17-31(26-30)32-24-25-38-37(27-32)41-35(20-11-22-39(41)49-38)44-46-43(29-14-5-2-6-15-29)47-45(48-44)36-21-10-19-34-33-18-7-8-23-40(33)50-42(34)36/h1-27,33,40H. The van der Waals surface area contributed by atoms with Gasteiger partial charge in [0.2, 0.25) is 0 Å². The fraction of sp³-hybridized carbons (Fsp3) is 0.0444. The van der Waals surface area contributed by atoms with E-state index in [4.69, 9.17) is 19.4 Å². The second-order valence-electron chi connectivity index (χ2n) is 12.7. The van der Waals surface area contributed by atoms with Crippen LogP contribution in [0.2, 0.25) is 0 Å². The molecule has 2 aliphatic rings. The molecule has 1 aliphatic heterocycles. The Morgan fingerprint density at radius 1 is 0.480 bits per heavy atom. The molecule has 2 aromatic heterocycles. The van der Waals surface area contributed by atoms with Crippen molar-refractivity contribution in [1.82, 2.24) is 15.0 Å². The van der Waals surface area contributed by atoms with Crippen molar-refractivity contribution < 1.29 is 4.42 Å². The summed E-state index contributed by atoms with van der Waals surface area (Å²) in [5, 5.41) is 2.40. The zero-order valence-corrected chi connectivity index (χ0v) is 27.7. The van der Waals surface area contributed by atoms with Crippen molar-refractivity contribution in [3.63, 3.8) is 0 Å². The minimum absolute atomic E-state index is 0.350. The van der Waals surface area contributed by atoms with Crippen LogP contribution in [-0.4, -0.2) is 20.2 Å². The molecule has 1 aliphatic carbocycles. The third kappa shape index (κ3) is 4.89. The van der Waals surface area contributed by atoms with Gasteiger partial charge in [-0.15, -0.1) is 11.8 Å². The van der Waals surface area contributed by atoms with Crippen LogP contribution in [0.3, 0.4) is 0 Å². The minimum Gasteiger partial charge on any atom is -0.456 e. The van der Waals surface area contributed by atoms with Crippen LogP contribution in [0.5, 0.6) is 0 Å². The third-order valence-corrected chi connectivity index (χ3v) is 11.1. The number of aromatic nitrogens is 3. The van der Waals surface area contributed by atoms with Crippen LogP contribution in [0.15, 0.2) is 173 Å². The first-order valence-electron chi connectivity index (χ1n) is 16.8. The van der Waals surface area contributed by atoms with Gasteiger partial charge in [-0.1, -0.05) is 140 Å². The van der Waals surface area contributed by atoms with E-state index in [0.29, 0.717) is 28.6 Å². The average molecular weight is 660 g/mol. The number of thioether (sulfide) groups is 1. The lowest BCUT2D eigenvalue weighted by molar-refractivity contribution is 0.669. The summed E-state index contributed by atoms with van der Waals surface area (Å²) in [6.45, 7) is 0. The lowest BCUT2D eigenvalue weighted by Gasteiger charge is -2.14. The number of benzene rings is 6. The van der Waals surface area contributed by atoms with Crippen LogP contribution in [0, 0.1) is 0 Å². The maximum Gasteiger partial charge on any atom is 0.165 e. The Bertz CT molecular complexity index is 2640. The van der Waals surface area contributed by atoms with Crippen LogP contribution >= 0.6 is 11.8 Å². The second kappa shape index (κ2) is 11.8. The average Bonchev–Trinajstić information content (AvgIpc) is 3.77. The summed E-state index contributed by atoms with van der Waals surface area (Å²) in [7, 11) is 0. The number of furan rings is 1. The van der Waals surface area contributed by atoms with Gasteiger partial charge in [0.1, 0.15) is 11.2 Å². The first kappa shape index (κ1) is 28.9. The van der Waals surface area contributed by atoms with E-state index >= 15 is 0 Å². The molecule has 4 nitrogen and oxygen atoms in total. The summed E-state index contributed by atoms with van der Waals surface area (Å²) < 4.78 is 6.46. The molecule has 0 fully saturated rings. The van der Waals surface area contributed by atoms with Crippen molar-refractivity contribution in [1.29, 1.82) is 0 Å². The Kier molecular flexibility index (Phi) is 6.84. The van der Waals surface area contributed by atoms with E-state index in [1.165, 1.54) is 21.6 Å². The number of allylic oxidation sites excluding steroid dienone is 3. The Morgan fingerprint density at radius 3 is 1.96 bits per heavy atom. The van der Waals surface area contributed by atoms with Gasteiger partial charge >= 0.3 is 0 Å². The summed E-state index contributed by atoms with van der Waals surface area (Å²) >= 11 is 1.90. The molecule has 0 spiro atoms. The zero-order valence-electron chi connectivity index (χ0n) is 26.9. The summed E-state index contributed by atoms with van der Waals surface area (Å²) in [4.78, 5) is 16.7. The van der Waals surface area contributed by atoms with Gasteiger partial charge in [-0.25, -0.2) is 15.0 Å². The van der Waals surface area contributed by atoms with Gasteiger partial charge in [0.05, 0.1) is 0 Å². The lowest BCUT2D eigenvalue weighted by atomic mass is 9.91. The van der Waals surface area contributed by atoms with Crippen molar-refractivity contribution in [2.24, 2.45) is 0 Å². The molecule has 236 valence electrons. The Balaban J connectivity index is 1.16. The van der Waals surface area contributed by atoms with Crippen molar-refractivity contribution >= 4 is 33.7 Å². The van der Waals surface area contributed by atoms with Crippen molar-refractivity contribution in [3.8, 4) is 56.4 Å². The normalized spacial score (nSPS) is 16.2. The first-order chi connectivity index (χ1) is 24.8. The van der Waals surface area contributed by atoms with Crippen LogP contribution in [0.1, 0.15) is 11.5 Å². The molecule has 0 radical (unpaired) electrons. The molecule has 2 atom stereocenters. The van der Waals surface area contributed by atoms with Gasteiger partial charge < -0.3 is 4.42 Å². The van der Waals surface area contributed by atoms with E-state index in [2.05, 4.69) is 127 Å². The molecular formula is C45H29N3OS. The number of hydrogen-bond acceptors (Lipinski definition) is 5. The molecule has 10 rings (SSSR count). The Hall–Kier alpha value is -6.04. The van der Waals surface area contributed by atoms with Crippen LogP contribution < -0.4 is 0 Å². The molecule has 5 heteroatoms. The van der Waals surface area contributed by atoms with E-state index < -0.39 is 0 Å². The molecule has 3 heterocycles. The maximum atomic E-state index is 6.46. The van der Waals surface area contributed by atoms with E-state index in [9.17, 15) is 0 Å². The van der Waals surface area contributed by atoms with Gasteiger partial charge in [-0.3, -0.25) is 0 Å². The second-order valence-corrected chi connectivity index (χ2v) is 13.9. The Morgan fingerprint density at radius 2 is 1.12 bits per heavy atom. The molecule has 0 saturated heterocycles. The van der Waals surface area contributed by atoms with E-state index in [1.807, 2.05) is 48.2 Å². The van der Waals surface area contributed by atoms with Gasteiger partial charge in [0.15, 0.2) is 17.5 Å². The predicted octanol–water partition coefficient (Wildman–Crippen LogP) is 11.8. The van der Waals surface area contributed by atoms with Crippen molar-refractivity contribution in [3.05, 3.63) is 169 Å². The van der Waals surface area contributed by atoms with Crippen molar-refractivity contribution in [2.45, 2.75) is 16.1 Å². The topological polar surface area (TPSA) is 51.8 Å². The third-order valence-electron chi connectivity index (χ3n) is 9.69. The van der Waals surface area contributed by atoms with E-state index in [0.717, 1.165) is 49.8 Å². The molecule has 50 heavy (non-hydrogen) atoms. The number of rotatable bonds is 5. The zero-order chi connectivity index (χ0) is 33.0. The summed E-state index contributed by atoms with van der Waals surface area (Å²) in [6, 6.07) is 48.5. The van der Waals surface area contributed by atoms with Crippen LogP contribution in [0.4, 0.5) is 0 Å². The highest BCUT2D eigenvalue weighted by Gasteiger charge is 2.33. The smallest absolute Gasteiger partial charge is 0.165 e. The molecule has 0 bridgehead atoms. The maximum absolute atomic E-state index is 6.46. The van der Waals surface area contributed by atoms with Gasteiger partial charge in [0, 0.05) is 43.5 Å². The van der Waals surface area contributed by atoms with E-state index in [-0.39, 0.29) is 0 Å². The highest BCUT2D eigenvalue weighted by molar-refractivity contribution is 8.00. The SMILES string of the molecule is C1=CC2Sc3c(-c4nc(-c5ccccc5)nc(-c5cccc6oc7ccc(-c8cccc(-c9ccccc9)c8)cc7c56)n4)cccc3C2C=C1. The molecular weight excluding hydrogens is 631 g/mol. The van der Waals surface area contributed by atoms with E-state index in [1.54, 1.807) is 0 Å².